The molecule has 0 atom stereocenters. The van der Waals surface area contributed by atoms with Crippen molar-refractivity contribution in [3.05, 3.63) is 60.6 Å². The maximum absolute atomic E-state index is 12.4. The summed E-state index contributed by atoms with van der Waals surface area (Å²) >= 11 is 0. The van der Waals surface area contributed by atoms with Gasteiger partial charge in [0.05, 0.1) is 0 Å². The van der Waals surface area contributed by atoms with Gasteiger partial charge in [0.1, 0.15) is 11.3 Å². The first-order chi connectivity index (χ1) is 10.7. The van der Waals surface area contributed by atoms with E-state index in [9.17, 15) is 4.79 Å². The normalized spacial score (nSPS) is 10.8. The summed E-state index contributed by atoms with van der Waals surface area (Å²) in [7, 11) is 0. The summed E-state index contributed by atoms with van der Waals surface area (Å²) in [6.07, 6.45) is 3.82. The van der Waals surface area contributed by atoms with Crippen molar-refractivity contribution in [1.29, 1.82) is 0 Å². The van der Waals surface area contributed by atoms with E-state index in [2.05, 4.69) is 17.1 Å². The molecule has 0 bridgehead atoms. The van der Waals surface area contributed by atoms with Gasteiger partial charge in [-0.05, 0) is 37.1 Å². The highest BCUT2D eigenvalue weighted by Crippen LogP contribution is 2.20. The summed E-state index contributed by atoms with van der Waals surface area (Å²) in [6.45, 7) is 5.34. The number of carbonyl (C=O) groups is 1. The van der Waals surface area contributed by atoms with Gasteiger partial charge >= 0.3 is 0 Å². The maximum Gasteiger partial charge on any atom is 0.274 e. The molecule has 112 valence electrons. The zero-order valence-corrected chi connectivity index (χ0v) is 12.9. The Bertz CT molecular complexity index is 788. The van der Waals surface area contributed by atoms with Gasteiger partial charge in [0.2, 0.25) is 0 Å². The zero-order valence-electron chi connectivity index (χ0n) is 12.9. The molecule has 2 aromatic heterocycles. The average molecular weight is 293 g/mol. The number of imidazole rings is 1. The highest BCUT2D eigenvalue weighted by molar-refractivity contribution is 5.93. The third-order valence-electron chi connectivity index (χ3n) is 3.83. The molecule has 3 rings (SSSR count). The van der Waals surface area contributed by atoms with E-state index >= 15 is 0 Å². The van der Waals surface area contributed by atoms with E-state index in [0.717, 1.165) is 16.8 Å². The van der Waals surface area contributed by atoms with Crippen molar-refractivity contribution in [3.63, 3.8) is 0 Å². The minimum atomic E-state index is -0.0186. The van der Waals surface area contributed by atoms with Crippen LogP contribution >= 0.6 is 0 Å². The lowest BCUT2D eigenvalue weighted by atomic mass is 10.1. The van der Waals surface area contributed by atoms with Crippen molar-refractivity contribution in [2.45, 2.75) is 13.8 Å². The summed E-state index contributed by atoms with van der Waals surface area (Å²) in [5, 5.41) is 0. The Morgan fingerprint density at radius 2 is 1.73 bits per heavy atom. The first kappa shape index (κ1) is 14.3. The van der Waals surface area contributed by atoms with Gasteiger partial charge in [-0.3, -0.25) is 4.79 Å². The number of hydrogen-bond acceptors (Lipinski definition) is 2. The number of amides is 1. The van der Waals surface area contributed by atoms with Crippen molar-refractivity contribution >= 4 is 11.6 Å². The van der Waals surface area contributed by atoms with Crippen molar-refractivity contribution in [1.82, 2.24) is 14.3 Å². The van der Waals surface area contributed by atoms with E-state index in [-0.39, 0.29) is 5.91 Å². The van der Waals surface area contributed by atoms with Gasteiger partial charge < -0.3 is 9.30 Å². The van der Waals surface area contributed by atoms with Crippen LogP contribution in [0.3, 0.4) is 0 Å². The number of benzene rings is 1. The summed E-state index contributed by atoms with van der Waals surface area (Å²) in [4.78, 5) is 18.6. The molecule has 0 unspecified atom stereocenters. The second kappa shape index (κ2) is 6.02. The van der Waals surface area contributed by atoms with Crippen LogP contribution in [0.1, 0.15) is 24.3 Å². The molecule has 3 aromatic rings. The van der Waals surface area contributed by atoms with Gasteiger partial charge in [-0.2, -0.15) is 0 Å². The highest BCUT2D eigenvalue weighted by Gasteiger charge is 2.16. The minimum absolute atomic E-state index is 0.0186. The van der Waals surface area contributed by atoms with Gasteiger partial charge in [-0.1, -0.05) is 30.3 Å². The monoisotopic (exact) mass is 293 g/mol. The second-order valence-electron chi connectivity index (χ2n) is 5.15. The smallest absolute Gasteiger partial charge is 0.274 e. The molecule has 1 aromatic carbocycles. The zero-order chi connectivity index (χ0) is 15.5. The van der Waals surface area contributed by atoms with Crippen LogP contribution in [0.2, 0.25) is 0 Å². The number of fused-ring (bicyclic) bond motifs is 1. The summed E-state index contributed by atoms with van der Waals surface area (Å²) in [6, 6.07) is 14.1. The van der Waals surface area contributed by atoms with Crippen LogP contribution in [0, 0.1) is 0 Å². The first-order valence-corrected chi connectivity index (χ1v) is 7.56. The number of nitrogens with zero attached hydrogens (tertiary/aromatic N) is 3. The molecular weight excluding hydrogens is 274 g/mol. The van der Waals surface area contributed by atoms with E-state index in [1.54, 1.807) is 4.90 Å². The van der Waals surface area contributed by atoms with E-state index in [0.29, 0.717) is 18.8 Å². The molecule has 0 saturated heterocycles. The summed E-state index contributed by atoms with van der Waals surface area (Å²) < 4.78 is 1.92. The molecule has 0 saturated carbocycles. The highest BCUT2D eigenvalue weighted by atomic mass is 16.2. The molecule has 4 nitrogen and oxygen atoms in total. The molecule has 1 amide bonds. The predicted molar refractivity (Wildman–Crippen MR) is 87.9 cm³/mol. The van der Waals surface area contributed by atoms with E-state index in [1.807, 2.05) is 61.0 Å². The molecule has 2 heterocycles. The lowest BCUT2D eigenvalue weighted by molar-refractivity contribution is 0.0768. The Labute approximate surface area is 130 Å². The Balaban J connectivity index is 1.99. The van der Waals surface area contributed by atoms with Crippen molar-refractivity contribution in [2.75, 3.05) is 13.1 Å². The Hall–Kier alpha value is -2.62. The van der Waals surface area contributed by atoms with Crippen LogP contribution in [-0.4, -0.2) is 33.3 Å². The van der Waals surface area contributed by atoms with Crippen molar-refractivity contribution < 1.29 is 4.79 Å². The molecule has 0 aliphatic carbocycles. The Kier molecular flexibility index (Phi) is 3.92. The number of rotatable bonds is 4. The van der Waals surface area contributed by atoms with Crippen LogP contribution in [0.4, 0.5) is 0 Å². The average Bonchev–Trinajstić information content (AvgIpc) is 2.99. The first-order valence-electron chi connectivity index (χ1n) is 7.56. The summed E-state index contributed by atoms with van der Waals surface area (Å²) in [5.74, 6) is -0.0186. The molecular formula is C18H19N3O. The third kappa shape index (κ3) is 2.60. The topological polar surface area (TPSA) is 37.6 Å². The fourth-order valence-electron chi connectivity index (χ4n) is 2.57. The van der Waals surface area contributed by atoms with Gasteiger partial charge in [-0.15, -0.1) is 0 Å². The fraction of sp³-hybridized carbons (Fsp3) is 0.222. The molecule has 0 spiro atoms. The molecule has 0 aliphatic heterocycles. The van der Waals surface area contributed by atoms with Crippen LogP contribution in [-0.2, 0) is 0 Å². The van der Waals surface area contributed by atoms with Gasteiger partial charge in [0.15, 0.2) is 0 Å². The lowest BCUT2D eigenvalue weighted by Gasteiger charge is -2.16. The number of pyridine rings is 1. The SMILES string of the molecule is CCN(CC)C(=O)c1cn2cc(-c3ccccc3)ccc2n1. The van der Waals surface area contributed by atoms with Gasteiger partial charge in [0, 0.05) is 25.5 Å². The second-order valence-corrected chi connectivity index (χ2v) is 5.15. The molecule has 4 heteroatoms. The molecule has 22 heavy (non-hydrogen) atoms. The minimum Gasteiger partial charge on any atom is -0.338 e. The van der Waals surface area contributed by atoms with Crippen LogP contribution in [0.5, 0.6) is 0 Å². The van der Waals surface area contributed by atoms with E-state index in [1.165, 1.54) is 0 Å². The van der Waals surface area contributed by atoms with E-state index < -0.39 is 0 Å². The lowest BCUT2D eigenvalue weighted by Crippen LogP contribution is -2.30. The largest absolute Gasteiger partial charge is 0.338 e. The van der Waals surface area contributed by atoms with Gasteiger partial charge in [0.25, 0.3) is 5.91 Å². The fourth-order valence-corrected chi connectivity index (χ4v) is 2.57. The quantitative estimate of drug-likeness (QED) is 0.738. The molecule has 0 fully saturated rings. The number of carbonyl (C=O) groups excluding carboxylic acids is 1. The molecule has 0 N–H and O–H groups in total. The maximum atomic E-state index is 12.4. The standard InChI is InChI=1S/C18H19N3O/c1-3-20(4-2)18(22)16-13-21-12-15(10-11-17(21)19-16)14-8-6-5-7-9-14/h5-13H,3-4H2,1-2H3. The van der Waals surface area contributed by atoms with Crippen LogP contribution in [0.15, 0.2) is 54.9 Å². The van der Waals surface area contributed by atoms with Crippen molar-refractivity contribution in [2.24, 2.45) is 0 Å². The Morgan fingerprint density at radius 3 is 2.41 bits per heavy atom. The number of aromatic nitrogens is 2. The van der Waals surface area contributed by atoms with E-state index in [4.69, 9.17) is 0 Å². The number of hydrogen-bond donors (Lipinski definition) is 0. The molecule has 0 aliphatic rings. The predicted octanol–water partition coefficient (Wildman–Crippen LogP) is 3.48. The summed E-state index contributed by atoms with van der Waals surface area (Å²) in [5.41, 5.74) is 3.53. The van der Waals surface area contributed by atoms with Crippen LogP contribution in [0.25, 0.3) is 16.8 Å². The van der Waals surface area contributed by atoms with Crippen LogP contribution < -0.4 is 0 Å². The Morgan fingerprint density at radius 1 is 1.00 bits per heavy atom. The third-order valence-corrected chi connectivity index (χ3v) is 3.83. The molecule has 0 radical (unpaired) electrons. The van der Waals surface area contributed by atoms with Crippen molar-refractivity contribution in [3.8, 4) is 11.1 Å². The van der Waals surface area contributed by atoms with Gasteiger partial charge in [-0.25, -0.2) is 4.98 Å².